The number of hydrogen-bond acceptors (Lipinski definition) is 5. The van der Waals surface area contributed by atoms with Crippen LogP contribution in [-0.2, 0) is 7.05 Å². The molecule has 4 atom stereocenters. The number of carbonyl (C=O) groups excluding carboxylic acids is 1. The van der Waals surface area contributed by atoms with Crippen molar-refractivity contribution in [1.82, 2.24) is 19.8 Å². The minimum atomic E-state index is -0.702. The molecule has 7 nitrogen and oxygen atoms in total. The molecule has 2 aromatic rings. The molecule has 1 fully saturated rings. The lowest BCUT2D eigenvalue weighted by Crippen LogP contribution is -2.51. The van der Waals surface area contributed by atoms with Crippen molar-refractivity contribution in [1.29, 1.82) is 0 Å². The molecule has 0 radical (unpaired) electrons. The van der Waals surface area contributed by atoms with Crippen LogP contribution >= 0.6 is 0 Å². The summed E-state index contributed by atoms with van der Waals surface area (Å²) in [4.78, 5) is 18.4. The number of aliphatic hydroxyl groups excluding tert-OH is 1. The number of likely N-dealkylation sites (N-methyl/N-ethyl adjacent to an activating group) is 1. The number of aromatic nitrogens is 2. The van der Waals surface area contributed by atoms with E-state index in [0.717, 1.165) is 0 Å². The van der Waals surface area contributed by atoms with Crippen LogP contribution in [0.25, 0.3) is 0 Å². The molecule has 0 saturated heterocycles. The lowest BCUT2D eigenvalue weighted by molar-refractivity contribution is 0.0210. The summed E-state index contributed by atoms with van der Waals surface area (Å²) in [5.74, 6) is 0.507. The van der Waals surface area contributed by atoms with Gasteiger partial charge >= 0.3 is 0 Å². The highest BCUT2D eigenvalue weighted by Gasteiger charge is 2.45. The van der Waals surface area contributed by atoms with Crippen LogP contribution < -0.4 is 10.1 Å². The molecule has 1 heterocycles. The lowest BCUT2D eigenvalue weighted by atomic mass is 10.1. The Morgan fingerprint density at radius 2 is 2.08 bits per heavy atom. The van der Waals surface area contributed by atoms with Gasteiger partial charge in [-0.25, -0.2) is 4.98 Å². The zero-order chi connectivity index (χ0) is 18.0. The molecular weight excluding hydrogens is 320 g/mol. The van der Waals surface area contributed by atoms with Crippen LogP contribution in [0.2, 0.25) is 0 Å². The molecule has 25 heavy (non-hydrogen) atoms. The molecule has 1 aromatic heterocycles. The maximum atomic E-state index is 12.5. The highest BCUT2D eigenvalue weighted by atomic mass is 16.5. The quantitative estimate of drug-likeness (QED) is 0.833. The van der Waals surface area contributed by atoms with E-state index in [1.54, 1.807) is 17.9 Å². The number of para-hydroxylation sites is 1. The Kier molecular flexibility index (Phi) is 5.06. The second-order valence-electron chi connectivity index (χ2n) is 6.62. The fourth-order valence-electron chi connectivity index (χ4n) is 3.41. The van der Waals surface area contributed by atoms with Crippen molar-refractivity contribution in [2.45, 2.75) is 30.7 Å². The van der Waals surface area contributed by atoms with Crippen LogP contribution in [0.15, 0.2) is 42.9 Å². The van der Waals surface area contributed by atoms with Gasteiger partial charge in [0.15, 0.2) is 0 Å². The average Bonchev–Trinajstić information content (AvgIpc) is 3.12. The topological polar surface area (TPSA) is 79.6 Å². The van der Waals surface area contributed by atoms with Crippen LogP contribution in [0.4, 0.5) is 0 Å². The molecule has 1 aromatic carbocycles. The number of nitrogens with zero attached hydrogens (tertiary/aromatic N) is 3. The highest BCUT2D eigenvalue weighted by Crippen LogP contribution is 2.28. The Bertz CT molecular complexity index is 716. The standard InChI is InChI=1S/C18H24N4O3/c1-21(2)16-13(20-18(24)14-10-19-11-22(14)3)9-15(17(16)23)25-12-7-5-4-6-8-12/h4-8,10-11,13,15-17,23H,9H2,1-3H3,(H,20,24)/t13-,15-,16+,17+/m1/s1. The van der Waals surface area contributed by atoms with Crippen molar-refractivity contribution >= 4 is 5.91 Å². The number of aryl methyl sites for hydroxylation is 1. The van der Waals surface area contributed by atoms with Crippen LogP contribution in [0, 0.1) is 0 Å². The zero-order valence-electron chi connectivity index (χ0n) is 14.7. The summed E-state index contributed by atoms with van der Waals surface area (Å²) in [6, 6.07) is 8.96. The minimum absolute atomic E-state index is 0.204. The first-order valence-corrected chi connectivity index (χ1v) is 8.30. The smallest absolute Gasteiger partial charge is 0.269 e. The molecule has 0 unspecified atom stereocenters. The van der Waals surface area contributed by atoms with E-state index in [0.29, 0.717) is 17.9 Å². The van der Waals surface area contributed by atoms with E-state index in [2.05, 4.69) is 10.3 Å². The molecule has 1 saturated carbocycles. The number of benzene rings is 1. The first-order valence-electron chi connectivity index (χ1n) is 8.30. The second kappa shape index (κ2) is 7.25. The summed E-state index contributed by atoms with van der Waals surface area (Å²) >= 11 is 0. The van der Waals surface area contributed by atoms with Crippen LogP contribution in [0.5, 0.6) is 5.75 Å². The zero-order valence-corrected chi connectivity index (χ0v) is 14.7. The van der Waals surface area contributed by atoms with Gasteiger partial charge in [-0.1, -0.05) is 18.2 Å². The van der Waals surface area contributed by atoms with Gasteiger partial charge in [0.1, 0.15) is 23.7 Å². The van der Waals surface area contributed by atoms with Gasteiger partial charge in [0, 0.05) is 13.5 Å². The minimum Gasteiger partial charge on any atom is -0.488 e. The maximum absolute atomic E-state index is 12.5. The predicted molar refractivity (Wildman–Crippen MR) is 93.4 cm³/mol. The monoisotopic (exact) mass is 344 g/mol. The molecule has 2 N–H and O–H groups in total. The van der Waals surface area contributed by atoms with Gasteiger partial charge in [0.2, 0.25) is 0 Å². The van der Waals surface area contributed by atoms with Crippen molar-refractivity contribution in [2.75, 3.05) is 14.1 Å². The fraction of sp³-hybridized carbons (Fsp3) is 0.444. The molecule has 0 aliphatic heterocycles. The molecule has 7 heteroatoms. The summed E-state index contributed by atoms with van der Waals surface area (Å²) < 4.78 is 7.62. The Hall–Kier alpha value is -2.38. The van der Waals surface area contributed by atoms with E-state index >= 15 is 0 Å². The Morgan fingerprint density at radius 3 is 2.68 bits per heavy atom. The normalized spacial score (nSPS) is 26.0. The van der Waals surface area contributed by atoms with E-state index in [1.807, 2.05) is 49.3 Å². The molecule has 134 valence electrons. The number of ether oxygens (including phenoxy) is 1. The molecule has 3 rings (SSSR count). The number of hydrogen-bond donors (Lipinski definition) is 2. The van der Waals surface area contributed by atoms with E-state index in [4.69, 9.17) is 4.74 Å². The average molecular weight is 344 g/mol. The summed E-state index contributed by atoms with van der Waals surface area (Å²) in [5, 5.41) is 13.7. The third-order valence-electron chi connectivity index (χ3n) is 4.62. The van der Waals surface area contributed by atoms with E-state index in [9.17, 15) is 9.90 Å². The van der Waals surface area contributed by atoms with Gasteiger partial charge in [-0.2, -0.15) is 0 Å². The van der Waals surface area contributed by atoms with E-state index < -0.39 is 6.10 Å². The number of imidazole rings is 1. The summed E-state index contributed by atoms with van der Waals surface area (Å²) in [6.45, 7) is 0. The maximum Gasteiger partial charge on any atom is 0.269 e. The van der Waals surface area contributed by atoms with Gasteiger partial charge in [-0.3, -0.25) is 4.79 Å². The number of rotatable bonds is 5. The Labute approximate surface area is 147 Å². The van der Waals surface area contributed by atoms with Crippen molar-refractivity contribution < 1.29 is 14.6 Å². The molecule has 1 aliphatic rings. The van der Waals surface area contributed by atoms with Gasteiger partial charge in [-0.05, 0) is 26.2 Å². The van der Waals surface area contributed by atoms with Gasteiger partial charge in [-0.15, -0.1) is 0 Å². The van der Waals surface area contributed by atoms with E-state index in [1.165, 1.54) is 6.20 Å². The fourth-order valence-corrected chi connectivity index (χ4v) is 3.41. The predicted octanol–water partition coefficient (Wildman–Crippen LogP) is 0.661. The first-order chi connectivity index (χ1) is 12.0. The van der Waals surface area contributed by atoms with Crippen molar-refractivity contribution in [2.24, 2.45) is 7.05 Å². The van der Waals surface area contributed by atoms with Crippen molar-refractivity contribution in [3.63, 3.8) is 0 Å². The number of amides is 1. The van der Waals surface area contributed by atoms with Crippen LogP contribution in [0.1, 0.15) is 16.9 Å². The highest BCUT2D eigenvalue weighted by molar-refractivity contribution is 5.92. The molecule has 1 amide bonds. The molecule has 0 bridgehead atoms. The summed E-state index contributed by atoms with van der Waals surface area (Å²) in [5.41, 5.74) is 0.486. The lowest BCUT2D eigenvalue weighted by Gasteiger charge is -2.29. The summed E-state index contributed by atoms with van der Waals surface area (Å²) in [7, 11) is 5.56. The number of carbonyl (C=O) groups is 1. The first kappa shape index (κ1) is 17.4. The van der Waals surface area contributed by atoms with E-state index in [-0.39, 0.29) is 24.1 Å². The van der Waals surface area contributed by atoms with Gasteiger partial charge < -0.3 is 24.6 Å². The largest absolute Gasteiger partial charge is 0.488 e. The SMILES string of the molecule is CN(C)[C@@H]1[C@@H](O)[C@H](Oc2ccccc2)C[C@H]1NC(=O)c1cncn1C. The third-order valence-corrected chi connectivity index (χ3v) is 4.62. The number of aliphatic hydroxyl groups is 1. The van der Waals surface area contributed by atoms with Crippen LogP contribution in [-0.4, -0.2) is 63.9 Å². The Morgan fingerprint density at radius 1 is 1.36 bits per heavy atom. The van der Waals surface area contributed by atoms with Gasteiger partial charge in [0.05, 0.1) is 24.6 Å². The van der Waals surface area contributed by atoms with Crippen LogP contribution in [0.3, 0.4) is 0 Å². The third kappa shape index (κ3) is 3.67. The molecular formula is C18H24N4O3. The number of nitrogens with one attached hydrogen (secondary N) is 1. The van der Waals surface area contributed by atoms with Gasteiger partial charge in [0.25, 0.3) is 5.91 Å². The molecule has 0 spiro atoms. The van der Waals surface area contributed by atoms with Crippen molar-refractivity contribution in [3.05, 3.63) is 48.5 Å². The Balaban J connectivity index is 1.74. The van der Waals surface area contributed by atoms with Crippen molar-refractivity contribution in [3.8, 4) is 5.75 Å². The second-order valence-corrected chi connectivity index (χ2v) is 6.62. The summed E-state index contributed by atoms with van der Waals surface area (Å²) in [6.07, 6.45) is 2.56. The molecule has 1 aliphatic carbocycles.